The summed E-state index contributed by atoms with van der Waals surface area (Å²) < 4.78 is 0.957. The van der Waals surface area contributed by atoms with Crippen molar-refractivity contribution in [3.05, 3.63) is 29.3 Å². The number of amides is 1. The fourth-order valence-corrected chi connectivity index (χ4v) is 3.02. The predicted molar refractivity (Wildman–Crippen MR) is 75.9 cm³/mol. The number of nitrogens with one attached hydrogen (secondary N) is 1. The molecule has 0 spiro atoms. The molecule has 1 saturated carbocycles. The minimum Gasteiger partial charge on any atom is -0.481 e. The quantitative estimate of drug-likeness (QED) is 0.885. The van der Waals surface area contributed by atoms with Gasteiger partial charge in [-0.2, -0.15) is 0 Å². The summed E-state index contributed by atoms with van der Waals surface area (Å²) in [6.07, 6.45) is 3.49. The van der Waals surface area contributed by atoms with Crippen molar-refractivity contribution in [2.24, 2.45) is 5.92 Å². The summed E-state index contributed by atoms with van der Waals surface area (Å²) >= 11 is 1.53. The standard InChI is InChI=1S/C14H14N2O3S/c17-13(18)6-11(8-1-2-8)16-14(19)9-5-12-10(15-7-9)3-4-20-12/h3-5,7-8,11H,1-2,6H2,(H,16,19)(H,17,18). The summed E-state index contributed by atoms with van der Waals surface area (Å²) in [7, 11) is 0. The van der Waals surface area contributed by atoms with Gasteiger partial charge < -0.3 is 10.4 Å². The van der Waals surface area contributed by atoms with E-state index in [1.807, 2.05) is 11.4 Å². The lowest BCUT2D eigenvalue weighted by Crippen LogP contribution is -2.38. The SMILES string of the molecule is O=C(O)CC(NC(=O)c1cnc2ccsc2c1)C1CC1. The number of aromatic nitrogens is 1. The maximum absolute atomic E-state index is 12.2. The van der Waals surface area contributed by atoms with E-state index in [1.165, 1.54) is 17.5 Å². The van der Waals surface area contributed by atoms with Gasteiger partial charge in [0.25, 0.3) is 5.91 Å². The van der Waals surface area contributed by atoms with Crippen molar-refractivity contribution in [3.8, 4) is 0 Å². The van der Waals surface area contributed by atoms with E-state index in [9.17, 15) is 9.59 Å². The molecule has 1 fully saturated rings. The van der Waals surface area contributed by atoms with Gasteiger partial charge in [-0.3, -0.25) is 14.6 Å². The zero-order valence-corrected chi connectivity index (χ0v) is 11.5. The molecular formula is C14H14N2O3S. The summed E-state index contributed by atoms with van der Waals surface area (Å²) in [5, 5.41) is 13.7. The molecule has 2 heterocycles. The van der Waals surface area contributed by atoms with E-state index in [0.717, 1.165) is 23.1 Å². The number of pyridine rings is 1. The molecule has 5 nitrogen and oxygen atoms in total. The molecule has 6 heteroatoms. The number of carbonyl (C=O) groups is 2. The molecule has 0 aliphatic heterocycles. The molecule has 1 unspecified atom stereocenters. The van der Waals surface area contributed by atoms with E-state index in [1.54, 1.807) is 6.07 Å². The fraction of sp³-hybridized carbons (Fsp3) is 0.357. The summed E-state index contributed by atoms with van der Waals surface area (Å²) in [5.74, 6) is -0.825. The van der Waals surface area contributed by atoms with Crippen LogP contribution in [0.5, 0.6) is 0 Å². The zero-order valence-electron chi connectivity index (χ0n) is 10.7. The average Bonchev–Trinajstić information content (AvgIpc) is 3.15. The average molecular weight is 290 g/mol. The van der Waals surface area contributed by atoms with Crippen molar-refractivity contribution in [1.82, 2.24) is 10.3 Å². The lowest BCUT2D eigenvalue weighted by Gasteiger charge is -2.16. The molecule has 2 N–H and O–H groups in total. The van der Waals surface area contributed by atoms with Gasteiger partial charge in [0.2, 0.25) is 0 Å². The van der Waals surface area contributed by atoms with Gasteiger partial charge in [0.15, 0.2) is 0 Å². The highest BCUT2D eigenvalue weighted by Gasteiger charge is 2.33. The van der Waals surface area contributed by atoms with Crippen molar-refractivity contribution in [1.29, 1.82) is 0 Å². The third-order valence-electron chi connectivity index (χ3n) is 3.47. The van der Waals surface area contributed by atoms with Gasteiger partial charge in [0.05, 0.1) is 22.2 Å². The normalized spacial score (nSPS) is 16.0. The predicted octanol–water partition coefficient (Wildman–Crippen LogP) is 2.28. The molecule has 1 aliphatic carbocycles. The first-order valence-electron chi connectivity index (χ1n) is 6.49. The van der Waals surface area contributed by atoms with E-state index in [-0.39, 0.29) is 18.4 Å². The Balaban J connectivity index is 1.75. The molecule has 104 valence electrons. The second-order valence-electron chi connectivity index (χ2n) is 5.04. The molecule has 20 heavy (non-hydrogen) atoms. The topological polar surface area (TPSA) is 79.3 Å². The van der Waals surface area contributed by atoms with Crippen molar-refractivity contribution in [2.75, 3.05) is 0 Å². The Hall–Kier alpha value is -1.95. The molecule has 2 aromatic heterocycles. The molecule has 0 saturated heterocycles. The summed E-state index contributed by atoms with van der Waals surface area (Å²) in [6.45, 7) is 0. The highest BCUT2D eigenvalue weighted by atomic mass is 32.1. The number of rotatable bonds is 5. The number of fused-ring (bicyclic) bond motifs is 1. The van der Waals surface area contributed by atoms with Crippen LogP contribution in [0, 0.1) is 5.92 Å². The van der Waals surface area contributed by atoms with E-state index in [4.69, 9.17) is 5.11 Å². The van der Waals surface area contributed by atoms with E-state index in [2.05, 4.69) is 10.3 Å². The number of aliphatic carboxylic acids is 1. The number of carboxylic acid groups (broad SMARTS) is 1. The van der Waals surface area contributed by atoms with E-state index in [0.29, 0.717) is 11.5 Å². The molecule has 0 aromatic carbocycles. The maximum Gasteiger partial charge on any atom is 0.305 e. The van der Waals surface area contributed by atoms with Crippen molar-refractivity contribution >= 4 is 33.4 Å². The second kappa shape index (κ2) is 5.20. The van der Waals surface area contributed by atoms with Crippen molar-refractivity contribution < 1.29 is 14.7 Å². The first kappa shape index (κ1) is 13.1. The maximum atomic E-state index is 12.2. The number of hydrogen-bond donors (Lipinski definition) is 2. The first-order valence-corrected chi connectivity index (χ1v) is 7.37. The Morgan fingerprint density at radius 3 is 3.00 bits per heavy atom. The van der Waals surface area contributed by atoms with Crippen LogP contribution < -0.4 is 5.32 Å². The van der Waals surface area contributed by atoms with Crippen LogP contribution in [0.15, 0.2) is 23.7 Å². The number of hydrogen-bond acceptors (Lipinski definition) is 4. The molecule has 2 aromatic rings. The Morgan fingerprint density at radius 1 is 1.50 bits per heavy atom. The third kappa shape index (κ3) is 2.80. The minimum absolute atomic E-state index is 0.0227. The Kier molecular flexibility index (Phi) is 3.40. The number of nitrogens with zero attached hydrogens (tertiary/aromatic N) is 1. The molecular weight excluding hydrogens is 276 g/mol. The van der Waals surface area contributed by atoms with Gasteiger partial charge in [-0.1, -0.05) is 0 Å². The number of carbonyl (C=O) groups excluding carboxylic acids is 1. The lowest BCUT2D eigenvalue weighted by atomic mass is 10.1. The molecule has 1 amide bonds. The molecule has 0 radical (unpaired) electrons. The molecule has 1 aliphatic rings. The summed E-state index contributed by atoms with van der Waals surface area (Å²) in [6, 6.07) is 3.42. The van der Waals surface area contributed by atoms with Crippen LogP contribution in [0.4, 0.5) is 0 Å². The van der Waals surface area contributed by atoms with Crippen LogP contribution in [0.3, 0.4) is 0 Å². The summed E-state index contributed by atoms with van der Waals surface area (Å²) in [4.78, 5) is 27.3. The zero-order chi connectivity index (χ0) is 14.1. The minimum atomic E-state index is -0.881. The van der Waals surface area contributed by atoms with E-state index >= 15 is 0 Å². The van der Waals surface area contributed by atoms with E-state index < -0.39 is 5.97 Å². The van der Waals surface area contributed by atoms with Gasteiger partial charge in [-0.25, -0.2) is 0 Å². The first-order chi connectivity index (χ1) is 9.63. The summed E-state index contributed by atoms with van der Waals surface area (Å²) in [5.41, 5.74) is 1.35. The smallest absolute Gasteiger partial charge is 0.305 e. The Bertz CT molecular complexity index is 663. The highest BCUT2D eigenvalue weighted by molar-refractivity contribution is 7.17. The Labute approximate surface area is 119 Å². The van der Waals surface area contributed by atoms with Crippen LogP contribution >= 0.6 is 11.3 Å². The molecule has 0 bridgehead atoms. The van der Waals surface area contributed by atoms with Crippen molar-refractivity contribution in [2.45, 2.75) is 25.3 Å². The van der Waals surface area contributed by atoms with Crippen LogP contribution in [0.25, 0.3) is 10.2 Å². The monoisotopic (exact) mass is 290 g/mol. The van der Waals surface area contributed by atoms with Crippen molar-refractivity contribution in [3.63, 3.8) is 0 Å². The van der Waals surface area contributed by atoms with Gasteiger partial charge in [-0.15, -0.1) is 11.3 Å². The van der Waals surface area contributed by atoms with Crippen LogP contribution in [-0.2, 0) is 4.79 Å². The number of carboxylic acids is 1. The number of thiophene rings is 1. The largest absolute Gasteiger partial charge is 0.481 e. The van der Waals surface area contributed by atoms with Gasteiger partial charge in [-0.05, 0) is 36.3 Å². The lowest BCUT2D eigenvalue weighted by molar-refractivity contribution is -0.137. The van der Waals surface area contributed by atoms with Gasteiger partial charge in [0, 0.05) is 12.2 Å². The molecule has 3 rings (SSSR count). The second-order valence-corrected chi connectivity index (χ2v) is 5.99. The van der Waals surface area contributed by atoms with Crippen LogP contribution in [0.2, 0.25) is 0 Å². The van der Waals surface area contributed by atoms with Crippen LogP contribution in [0.1, 0.15) is 29.6 Å². The fourth-order valence-electron chi connectivity index (χ4n) is 2.24. The van der Waals surface area contributed by atoms with Gasteiger partial charge in [0.1, 0.15) is 0 Å². The molecule has 1 atom stereocenters. The third-order valence-corrected chi connectivity index (χ3v) is 4.32. The van der Waals surface area contributed by atoms with Gasteiger partial charge >= 0.3 is 5.97 Å². The highest BCUT2D eigenvalue weighted by Crippen LogP contribution is 2.34. The van der Waals surface area contributed by atoms with Crippen LogP contribution in [-0.4, -0.2) is 28.0 Å². The Morgan fingerprint density at radius 2 is 2.30 bits per heavy atom.